The van der Waals surface area contributed by atoms with Gasteiger partial charge in [-0.2, -0.15) is 0 Å². The van der Waals surface area contributed by atoms with Gasteiger partial charge in [0.2, 0.25) is 0 Å². The summed E-state index contributed by atoms with van der Waals surface area (Å²) in [7, 11) is 0. The lowest BCUT2D eigenvalue weighted by atomic mass is 10.2. The smallest absolute Gasteiger partial charge is 0.270 e. The average molecular weight is 384 g/mol. The highest BCUT2D eigenvalue weighted by Gasteiger charge is 2.12. The Bertz CT molecular complexity index is 1080. The van der Waals surface area contributed by atoms with Crippen molar-refractivity contribution < 1.29 is 9.72 Å². The van der Waals surface area contributed by atoms with Crippen LogP contribution in [-0.4, -0.2) is 15.4 Å². The summed E-state index contributed by atoms with van der Waals surface area (Å²) in [5.41, 5.74) is 0.879. The van der Waals surface area contributed by atoms with E-state index in [-0.39, 0.29) is 23.4 Å². The van der Waals surface area contributed by atoms with E-state index in [4.69, 9.17) is 11.6 Å². The topological polar surface area (TPSA) is 94.2 Å². The average Bonchev–Trinajstić information content (AvgIpc) is 2.66. The first-order valence-corrected chi connectivity index (χ1v) is 8.31. The van der Waals surface area contributed by atoms with Crippen molar-refractivity contribution in [2.45, 2.75) is 6.54 Å². The summed E-state index contributed by atoms with van der Waals surface area (Å²) in [6, 6.07) is 15.4. The molecule has 1 amide bonds. The van der Waals surface area contributed by atoms with Gasteiger partial charge in [-0.1, -0.05) is 35.9 Å². The zero-order chi connectivity index (χ0) is 19.4. The number of benzene rings is 2. The van der Waals surface area contributed by atoms with E-state index in [1.54, 1.807) is 12.1 Å². The predicted molar refractivity (Wildman–Crippen MR) is 102 cm³/mol. The summed E-state index contributed by atoms with van der Waals surface area (Å²) >= 11 is 6.13. The van der Waals surface area contributed by atoms with Gasteiger partial charge in [0.1, 0.15) is 0 Å². The van der Waals surface area contributed by atoms with Crippen molar-refractivity contribution in [3.05, 3.63) is 103 Å². The molecule has 0 atom stereocenters. The summed E-state index contributed by atoms with van der Waals surface area (Å²) in [6.45, 7) is 0.249. The molecule has 3 rings (SSSR count). The zero-order valence-electron chi connectivity index (χ0n) is 14.0. The van der Waals surface area contributed by atoms with E-state index in [9.17, 15) is 19.7 Å². The molecule has 8 heteroatoms. The van der Waals surface area contributed by atoms with Crippen molar-refractivity contribution in [2.75, 3.05) is 5.32 Å². The molecular weight excluding hydrogens is 370 g/mol. The number of amides is 1. The van der Waals surface area contributed by atoms with Crippen molar-refractivity contribution in [3.63, 3.8) is 0 Å². The number of non-ortho nitro benzene ring substituents is 1. The van der Waals surface area contributed by atoms with Crippen LogP contribution >= 0.6 is 11.6 Å². The molecule has 1 heterocycles. The van der Waals surface area contributed by atoms with E-state index in [1.165, 1.54) is 47.2 Å². The minimum Gasteiger partial charge on any atom is -0.321 e. The fourth-order valence-corrected chi connectivity index (χ4v) is 2.70. The highest BCUT2D eigenvalue weighted by atomic mass is 35.5. The molecule has 7 nitrogen and oxygen atoms in total. The lowest BCUT2D eigenvalue weighted by molar-refractivity contribution is -0.384. The van der Waals surface area contributed by atoms with Gasteiger partial charge in [-0.05, 0) is 23.8 Å². The van der Waals surface area contributed by atoms with Gasteiger partial charge in [0.25, 0.3) is 17.2 Å². The zero-order valence-corrected chi connectivity index (χ0v) is 14.7. The first-order chi connectivity index (χ1) is 12.9. The van der Waals surface area contributed by atoms with Crippen LogP contribution < -0.4 is 10.9 Å². The standard InChI is InChI=1S/C19H14ClN3O4/c20-17-7-2-1-4-14(17)11-22-12-15(8-9-18(22)24)21-19(25)13-5-3-6-16(10-13)23(26)27/h1-10,12H,11H2,(H,21,25). The van der Waals surface area contributed by atoms with Gasteiger partial charge < -0.3 is 9.88 Å². The molecule has 0 saturated carbocycles. The fraction of sp³-hybridized carbons (Fsp3) is 0.0526. The number of nitro benzene ring substituents is 1. The molecule has 2 aromatic carbocycles. The maximum atomic E-state index is 12.4. The molecular formula is C19H14ClN3O4. The van der Waals surface area contributed by atoms with Crippen LogP contribution in [0.1, 0.15) is 15.9 Å². The molecule has 0 unspecified atom stereocenters. The molecule has 0 aliphatic rings. The van der Waals surface area contributed by atoms with Gasteiger partial charge in [0.15, 0.2) is 0 Å². The van der Waals surface area contributed by atoms with Gasteiger partial charge in [-0.25, -0.2) is 0 Å². The minimum atomic E-state index is -0.569. The van der Waals surface area contributed by atoms with Crippen LogP contribution in [0.25, 0.3) is 0 Å². The Balaban J connectivity index is 1.83. The SMILES string of the molecule is O=C(Nc1ccc(=O)n(Cc2ccccc2Cl)c1)c1cccc([N+](=O)[O-])c1. The first-order valence-electron chi connectivity index (χ1n) is 7.94. The fourth-order valence-electron chi connectivity index (χ4n) is 2.50. The van der Waals surface area contributed by atoms with Crippen LogP contribution in [0.4, 0.5) is 11.4 Å². The lowest BCUT2D eigenvalue weighted by Crippen LogP contribution is -2.21. The summed E-state index contributed by atoms with van der Waals surface area (Å²) in [5.74, 6) is -0.512. The number of nitro groups is 1. The number of hydrogen-bond donors (Lipinski definition) is 1. The third kappa shape index (κ3) is 4.39. The second-order valence-electron chi connectivity index (χ2n) is 5.74. The Morgan fingerprint density at radius 2 is 1.89 bits per heavy atom. The number of carbonyl (C=O) groups is 1. The number of hydrogen-bond acceptors (Lipinski definition) is 4. The number of aromatic nitrogens is 1. The molecule has 0 spiro atoms. The van der Waals surface area contributed by atoms with Crippen LogP contribution in [-0.2, 0) is 6.54 Å². The van der Waals surface area contributed by atoms with Crippen LogP contribution in [0.15, 0.2) is 71.7 Å². The monoisotopic (exact) mass is 383 g/mol. The largest absolute Gasteiger partial charge is 0.321 e. The number of pyridine rings is 1. The van der Waals surface area contributed by atoms with Gasteiger partial charge in [0.05, 0.1) is 17.2 Å². The molecule has 0 aliphatic heterocycles. The van der Waals surface area contributed by atoms with Gasteiger partial charge in [-0.15, -0.1) is 0 Å². The normalized spacial score (nSPS) is 10.4. The van der Waals surface area contributed by atoms with Crippen molar-refractivity contribution in [1.82, 2.24) is 4.57 Å². The predicted octanol–water partition coefficient (Wildman–Crippen LogP) is 3.71. The summed E-state index contributed by atoms with van der Waals surface area (Å²) < 4.78 is 1.42. The number of nitrogens with zero attached hydrogens (tertiary/aromatic N) is 2. The number of rotatable bonds is 5. The van der Waals surface area contributed by atoms with Crippen molar-refractivity contribution in [1.29, 1.82) is 0 Å². The molecule has 0 radical (unpaired) electrons. The molecule has 0 bridgehead atoms. The Kier molecular flexibility index (Phi) is 5.33. The molecule has 136 valence electrons. The van der Waals surface area contributed by atoms with Crippen LogP contribution in [0.5, 0.6) is 0 Å². The number of nitrogens with one attached hydrogen (secondary N) is 1. The van der Waals surface area contributed by atoms with Gasteiger partial charge in [0, 0.05) is 35.0 Å². The highest BCUT2D eigenvalue weighted by Crippen LogP contribution is 2.17. The second-order valence-corrected chi connectivity index (χ2v) is 6.14. The van der Waals surface area contributed by atoms with Gasteiger partial charge in [-0.3, -0.25) is 19.7 Å². The maximum absolute atomic E-state index is 12.4. The summed E-state index contributed by atoms with van der Waals surface area (Å²) in [6.07, 6.45) is 1.50. The van der Waals surface area contributed by atoms with Crippen molar-refractivity contribution >= 4 is 28.9 Å². The van der Waals surface area contributed by atoms with Gasteiger partial charge >= 0.3 is 0 Å². The van der Waals surface area contributed by atoms with Crippen molar-refractivity contribution in [2.24, 2.45) is 0 Å². The maximum Gasteiger partial charge on any atom is 0.270 e. The van der Waals surface area contributed by atoms with Crippen molar-refractivity contribution in [3.8, 4) is 0 Å². The third-order valence-electron chi connectivity index (χ3n) is 3.86. The van der Waals surface area contributed by atoms with E-state index in [0.717, 1.165) is 5.56 Å². The van der Waals surface area contributed by atoms with Crippen LogP contribution in [0.2, 0.25) is 5.02 Å². The Morgan fingerprint density at radius 3 is 2.63 bits per heavy atom. The third-order valence-corrected chi connectivity index (χ3v) is 4.23. The number of halogens is 1. The lowest BCUT2D eigenvalue weighted by Gasteiger charge is -2.10. The van der Waals surface area contributed by atoms with Crippen LogP contribution in [0.3, 0.4) is 0 Å². The molecule has 1 N–H and O–H groups in total. The molecule has 27 heavy (non-hydrogen) atoms. The number of carbonyl (C=O) groups excluding carboxylic acids is 1. The Labute approximate surface area is 159 Å². The summed E-state index contributed by atoms with van der Waals surface area (Å²) in [4.78, 5) is 34.7. The summed E-state index contributed by atoms with van der Waals surface area (Å²) in [5, 5.41) is 14.0. The van der Waals surface area contributed by atoms with E-state index in [2.05, 4.69) is 5.32 Å². The molecule has 0 saturated heterocycles. The molecule has 3 aromatic rings. The van der Waals surface area contributed by atoms with E-state index < -0.39 is 10.8 Å². The highest BCUT2D eigenvalue weighted by molar-refractivity contribution is 6.31. The Hall–Kier alpha value is -3.45. The number of anilines is 1. The molecule has 1 aromatic heterocycles. The first kappa shape index (κ1) is 18.3. The Morgan fingerprint density at radius 1 is 1.11 bits per heavy atom. The second kappa shape index (κ2) is 7.84. The minimum absolute atomic E-state index is 0.146. The van der Waals surface area contributed by atoms with E-state index in [1.807, 2.05) is 12.1 Å². The van der Waals surface area contributed by atoms with Crippen LogP contribution in [0, 0.1) is 10.1 Å². The quantitative estimate of drug-likeness (QED) is 0.536. The van der Waals surface area contributed by atoms with E-state index >= 15 is 0 Å². The van der Waals surface area contributed by atoms with E-state index in [0.29, 0.717) is 10.7 Å². The molecule has 0 aliphatic carbocycles. The molecule has 0 fully saturated rings.